The van der Waals surface area contributed by atoms with E-state index in [1.165, 1.54) is 17.4 Å². The fourth-order valence-corrected chi connectivity index (χ4v) is 3.16. The number of nitrogens with zero attached hydrogens (tertiary/aromatic N) is 1. The summed E-state index contributed by atoms with van der Waals surface area (Å²) >= 11 is 0. The molecule has 0 saturated carbocycles. The van der Waals surface area contributed by atoms with Gasteiger partial charge in [0.05, 0.1) is 11.5 Å². The molecule has 0 aromatic heterocycles. The van der Waals surface area contributed by atoms with Crippen LogP contribution in [0.5, 0.6) is 0 Å². The zero-order chi connectivity index (χ0) is 13.8. The summed E-state index contributed by atoms with van der Waals surface area (Å²) < 4.78 is 26.0. The molecule has 0 spiro atoms. The van der Waals surface area contributed by atoms with Gasteiger partial charge in [-0.1, -0.05) is 25.1 Å². The van der Waals surface area contributed by atoms with Crippen molar-refractivity contribution in [3.63, 3.8) is 0 Å². The van der Waals surface area contributed by atoms with E-state index < -0.39 is 10.0 Å². The number of benzene rings is 1. The SMILES string of the molecule is C=CCN(C)S(=O)(=O)c1cc(CO)ccc1CC. The normalized spacial score (nSPS) is 11.8. The van der Waals surface area contributed by atoms with E-state index >= 15 is 0 Å². The monoisotopic (exact) mass is 269 g/mol. The quantitative estimate of drug-likeness (QED) is 0.797. The van der Waals surface area contributed by atoms with Crippen LogP contribution in [0.4, 0.5) is 0 Å². The van der Waals surface area contributed by atoms with Crippen LogP contribution in [0.25, 0.3) is 0 Å². The van der Waals surface area contributed by atoms with Gasteiger partial charge in [0.25, 0.3) is 0 Å². The molecule has 0 saturated heterocycles. The molecule has 5 heteroatoms. The van der Waals surface area contributed by atoms with Crippen LogP contribution in [-0.4, -0.2) is 31.4 Å². The summed E-state index contributed by atoms with van der Waals surface area (Å²) in [5.74, 6) is 0. The number of sulfonamides is 1. The molecule has 1 rings (SSSR count). The number of rotatable bonds is 6. The van der Waals surface area contributed by atoms with Gasteiger partial charge >= 0.3 is 0 Å². The molecule has 1 N–H and O–H groups in total. The zero-order valence-corrected chi connectivity index (χ0v) is 11.6. The maximum Gasteiger partial charge on any atom is 0.243 e. The van der Waals surface area contributed by atoms with Crippen LogP contribution in [0.15, 0.2) is 35.7 Å². The predicted octanol–water partition coefficient (Wildman–Crippen LogP) is 1.55. The number of aliphatic hydroxyl groups excluding tert-OH is 1. The fourth-order valence-electron chi connectivity index (χ4n) is 1.68. The third-order valence-electron chi connectivity index (χ3n) is 2.77. The Morgan fingerprint density at radius 3 is 2.61 bits per heavy atom. The molecule has 0 fully saturated rings. The summed E-state index contributed by atoms with van der Waals surface area (Å²) in [6.07, 6.45) is 2.17. The number of likely N-dealkylation sites (N-methyl/N-ethyl adjacent to an activating group) is 1. The minimum Gasteiger partial charge on any atom is -0.392 e. The van der Waals surface area contributed by atoms with Gasteiger partial charge in [-0.15, -0.1) is 6.58 Å². The minimum atomic E-state index is -3.53. The molecule has 100 valence electrons. The number of hydrogen-bond acceptors (Lipinski definition) is 3. The van der Waals surface area contributed by atoms with E-state index in [4.69, 9.17) is 5.11 Å². The number of aliphatic hydroxyl groups is 1. The Hall–Kier alpha value is -1.17. The van der Waals surface area contributed by atoms with Gasteiger partial charge in [-0.3, -0.25) is 0 Å². The standard InChI is InChI=1S/C13H19NO3S/c1-4-8-14(3)18(16,17)13-9-11(10-15)6-7-12(13)5-2/h4,6-7,9,15H,1,5,8,10H2,2-3H3. The van der Waals surface area contributed by atoms with Crippen LogP contribution in [0.3, 0.4) is 0 Å². The van der Waals surface area contributed by atoms with Crippen LogP contribution in [0.1, 0.15) is 18.1 Å². The summed E-state index contributed by atoms with van der Waals surface area (Å²) in [5.41, 5.74) is 1.35. The van der Waals surface area contributed by atoms with E-state index in [0.717, 1.165) is 5.56 Å². The maximum atomic E-state index is 12.4. The van der Waals surface area contributed by atoms with E-state index in [1.54, 1.807) is 18.2 Å². The molecular weight excluding hydrogens is 250 g/mol. The average molecular weight is 269 g/mol. The predicted molar refractivity (Wildman–Crippen MR) is 71.8 cm³/mol. The molecule has 4 nitrogen and oxygen atoms in total. The van der Waals surface area contributed by atoms with E-state index in [1.807, 2.05) is 6.92 Å². The fraction of sp³-hybridized carbons (Fsp3) is 0.385. The molecule has 0 aliphatic heterocycles. The molecular formula is C13H19NO3S. The van der Waals surface area contributed by atoms with Crippen LogP contribution >= 0.6 is 0 Å². The Morgan fingerprint density at radius 1 is 1.44 bits per heavy atom. The zero-order valence-electron chi connectivity index (χ0n) is 10.8. The second kappa shape index (κ2) is 6.13. The van der Waals surface area contributed by atoms with Crippen molar-refractivity contribution in [2.24, 2.45) is 0 Å². The van der Waals surface area contributed by atoms with E-state index in [9.17, 15) is 8.42 Å². The Bertz CT molecular complexity index is 523. The summed E-state index contributed by atoms with van der Waals surface area (Å²) in [4.78, 5) is 0.265. The molecule has 1 aromatic carbocycles. The summed E-state index contributed by atoms with van der Waals surface area (Å²) in [6.45, 7) is 5.53. The number of hydrogen-bond donors (Lipinski definition) is 1. The molecule has 0 atom stereocenters. The highest BCUT2D eigenvalue weighted by molar-refractivity contribution is 7.89. The lowest BCUT2D eigenvalue weighted by atomic mass is 10.1. The maximum absolute atomic E-state index is 12.4. The van der Waals surface area contributed by atoms with Gasteiger partial charge in [-0.2, -0.15) is 4.31 Å². The second-order valence-electron chi connectivity index (χ2n) is 4.03. The Balaban J connectivity index is 3.33. The Morgan fingerprint density at radius 2 is 2.11 bits per heavy atom. The molecule has 0 radical (unpaired) electrons. The van der Waals surface area contributed by atoms with Gasteiger partial charge in [0, 0.05) is 13.6 Å². The van der Waals surface area contributed by atoms with Gasteiger partial charge in [0.2, 0.25) is 10.0 Å². The van der Waals surface area contributed by atoms with Crippen LogP contribution in [0, 0.1) is 0 Å². The lowest BCUT2D eigenvalue weighted by molar-refractivity contribution is 0.281. The molecule has 0 unspecified atom stereocenters. The smallest absolute Gasteiger partial charge is 0.243 e. The molecule has 0 amide bonds. The van der Waals surface area contributed by atoms with E-state index in [2.05, 4.69) is 6.58 Å². The highest BCUT2D eigenvalue weighted by Crippen LogP contribution is 2.21. The lowest BCUT2D eigenvalue weighted by Gasteiger charge is -2.18. The van der Waals surface area contributed by atoms with Gasteiger partial charge in [-0.05, 0) is 23.6 Å². The summed E-state index contributed by atoms with van der Waals surface area (Å²) in [5, 5.41) is 9.11. The van der Waals surface area contributed by atoms with Gasteiger partial charge in [0.1, 0.15) is 0 Å². The second-order valence-corrected chi connectivity index (χ2v) is 6.04. The van der Waals surface area contributed by atoms with Gasteiger partial charge in [-0.25, -0.2) is 8.42 Å². The molecule has 1 aromatic rings. The Kier molecular flexibility index (Phi) is 5.07. The first-order valence-electron chi connectivity index (χ1n) is 5.77. The first kappa shape index (κ1) is 14.9. The van der Waals surface area contributed by atoms with Gasteiger partial charge in [0.15, 0.2) is 0 Å². The first-order chi connectivity index (χ1) is 8.47. The average Bonchev–Trinajstić information content (AvgIpc) is 2.38. The van der Waals surface area contributed by atoms with Crippen LogP contribution < -0.4 is 0 Å². The highest BCUT2D eigenvalue weighted by atomic mass is 32.2. The van der Waals surface area contributed by atoms with Crippen molar-refractivity contribution >= 4 is 10.0 Å². The third kappa shape index (κ3) is 2.98. The van der Waals surface area contributed by atoms with Crippen molar-refractivity contribution < 1.29 is 13.5 Å². The third-order valence-corrected chi connectivity index (χ3v) is 4.68. The minimum absolute atomic E-state index is 0.169. The highest BCUT2D eigenvalue weighted by Gasteiger charge is 2.22. The van der Waals surface area contributed by atoms with E-state index in [0.29, 0.717) is 12.0 Å². The lowest BCUT2D eigenvalue weighted by Crippen LogP contribution is -2.28. The summed E-state index contributed by atoms with van der Waals surface area (Å²) in [6, 6.07) is 5.03. The summed E-state index contributed by atoms with van der Waals surface area (Å²) in [7, 11) is -2.01. The van der Waals surface area contributed by atoms with Crippen molar-refractivity contribution in [2.45, 2.75) is 24.8 Å². The largest absolute Gasteiger partial charge is 0.392 e. The van der Waals surface area contributed by atoms with Gasteiger partial charge < -0.3 is 5.11 Å². The van der Waals surface area contributed by atoms with E-state index in [-0.39, 0.29) is 18.0 Å². The molecule has 0 heterocycles. The molecule has 0 aliphatic carbocycles. The van der Waals surface area contributed by atoms with Crippen molar-refractivity contribution in [1.29, 1.82) is 0 Å². The Labute approximate surface area is 109 Å². The topological polar surface area (TPSA) is 57.6 Å². The van der Waals surface area contributed by atoms with Crippen LogP contribution in [0.2, 0.25) is 0 Å². The van der Waals surface area contributed by atoms with Crippen LogP contribution in [-0.2, 0) is 23.1 Å². The van der Waals surface area contributed by atoms with Crippen molar-refractivity contribution in [2.75, 3.05) is 13.6 Å². The molecule has 18 heavy (non-hydrogen) atoms. The molecule has 0 bridgehead atoms. The molecule has 0 aliphatic rings. The first-order valence-corrected chi connectivity index (χ1v) is 7.21. The van der Waals surface area contributed by atoms with Crippen molar-refractivity contribution in [3.8, 4) is 0 Å². The van der Waals surface area contributed by atoms with Crippen molar-refractivity contribution in [3.05, 3.63) is 42.0 Å². The van der Waals surface area contributed by atoms with Crippen molar-refractivity contribution in [1.82, 2.24) is 4.31 Å². The number of aryl methyl sites for hydroxylation is 1.